The van der Waals surface area contributed by atoms with Gasteiger partial charge in [0, 0.05) is 29.1 Å². The molecule has 2 aromatic heterocycles. The fourth-order valence-corrected chi connectivity index (χ4v) is 4.82. The number of aromatic nitrogens is 3. The van der Waals surface area contributed by atoms with Gasteiger partial charge in [-0.15, -0.1) is 0 Å². The van der Waals surface area contributed by atoms with Gasteiger partial charge in [0.05, 0.1) is 37.0 Å². The molecule has 0 spiro atoms. The van der Waals surface area contributed by atoms with Crippen molar-refractivity contribution in [3.8, 4) is 22.8 Å². The normalized spacial score (nSPS) is 14.8. The van der Waals surface area contributed by atoms with Crippen LogP contribution in [0.3, 0.4) is 0 Å². The molecule has 0 bridgehead atoms. The van der Waals surface area contributed by atoms with Crippen molar-refractivity contribution >= 4 is 17.7 Å². The molecule has 3 heterocycles. The maximum Gasteiger partial charge on any atom is 0.338 e. The van der Waals surface area contributed by atoms with Crippen LogP contribution >= 0.6 is 0 Å². The van der Waals surface area contributed by atoms with E-state index in [9.17, 15) is 19.7 Å². The van der Waals surface area contributed by atoms with Crippen LogP contribution in [-0.2, 0) is 9.53 Å². The largest absolute Gasteiger partial charge is 0.497 e. The molecule has 2 aromatic carbocycles. The lowest BCUT2D eigenvalue weighted by Gasteiger charge is -2.26. The maximum atomic E-state index is 13.9. The molecule has 0 fully saturated rings. The van der Waals surface area contributed by atoms with Crippen molar-refractivity contribution in [2.24, 2.45) is 4.99 Å². The Bertz CT molecular complexity index is 1860. The molecule has 0 aliphatic carbocycles. The van der Waals surface area contributed by atoms with E-state index in [1.165, 1.54) is 30.9 Å². The number of hydrogen-bond donors (Lipinski definition) is 2. The molecule has 5 rings (SSSR count). The second kappa shape index (κ2) is 11.0. The van der Waals surface area contributed by atoms with E-state index in [0.717, 1.165) is 5.56 Å². The first kappa shape index (κ1) is 27.2. The average Bonchev–Trinajstić information content (AvgIpc) is 3.56. The third kappa shape index (κ3) is 5.02. The van der Waals surface area contributed by atoms with Gasteiger partial charge < -0.3 is 24.2 Å². The Morgan fingerprint density at radius 1 is 1.10 bits per heavy atom. The molecule has 0 saturated heterocycles. The van der Waals surface area contributed by atoms with Crippen molar-refractivity contribution in [1.29, 1.82) is 0 Å². The molecule has 12 heteroatoms. The lowest BCUT2D eigenvalue weighted by atomic mass is 9.94. The van der Waals surface area contributed by atoms with E-state index in [0.29, 0.717) is 34.1 Å². The van der Waals surface area contributed by atoms with Gasteiger partial charge in [-0.1, -0.05) is 0 Å². The number of hydrogen-bond acceptors (Lipinski definition) is 8. The van der Waals surface area contributed by atoms with Crippen LogP contribution in [0.25, 0.3) is 17.3 Å². The molecule has 1 aliphatic heterocycles. The Morgan fingerprint density at radius 2 is 1.85 bits per heavy atom. The summed E-state index contributed by atoms with van der Waals surface area (Å²) in [5, 5.41) is 11.2. The summed E-state index contributed by atoms with van der Waals surface area (Å²) in [5.41, 5.74) is 3.03. The molecular weight excluding hydrogens is 530 g/mol. The zero-order valence-electron chi connectivity index (χ0n) is 22.8. The Kier molecular flexibility index (Phi) is 7.30. The number of ether oxygens (including phenoxy) is 3. The number of carbonyl (C=O) groups excluding carboxylic acids is 1. The summed E-state index contributed by atoms with van der Waals surface area (Å²) in [5.74, 6) is 0.380. The fraction of sp³-hybridized carbons (Fsp3) is 0.207. The summed E-state index contributed by atoms with van der Waals surface area (Å²) in [6.45, 7) is 3.54. The number of methoxy groups -OCH3 is 2. The van der Waals surface area contributed by atoms with E-state index in [4.69, 9.17) is 14.2 Å². The summed E-state index contributed by atoms with van der Waals surface area (Å²) < 4.78 is 17.8. The highest BCUT2D eigenvalue weighted by Gasteiger charge is 2.35. The van der Waals surface area contributed by atoms with Gasteiger partial charge in [-0.25, -0.2) is 9.79 Å². The van der Waals surface area contributed by atoms with Crippen LogP contribution in [0, 0.1) is 10.1 Å². The minimum absolute atomic E-state index is 0.00543. The number of nitro benzene ring substituents is 1. The van der Waals surface area contributed by atoms with E-state index in [1.54, 1.807) is 56.3 Å². The number of fused-ring (bicyclic) bond motifs is 1. The summed E-state index contributed by atoms with van der Waals surface area (Å²) >= 11 is 0. The second-order valence-electron chi connectivity index (χ2n) is 9.15. The number of rotatable bonds is 8. The molecule has 1 aliphatic rings. The first-order valence-electron chi connectivity index (χ1n) is 12.7. The SMILES string of the molecule is CCOC(=O)C1=C(C)N=c2[nH]c(=Cc3ccc(-c4ccc([N+](=O)[O-])cc4)[nH]3)c(=O)n2C1c1cc(OC)ccc1OC. The highest BCUT2D eigenvalue weighted by Crippen LogP contribution is 2.37. The smallest absolute Gasteiger partial charge is 0.338 e. The van der Waals surface area contributed by atoms with Crippen LogP contribution in [0.1, 0.15) is 31.1 Å². The highest BCUT2D eigenvalue weighted by molar-refractivity contribution is 5.91. The summed E-state index contributed by atoms with van der Waals surface area (Å²) in [6, 6.07) is 14.0. The Hall–Kier alpha value is -5.39. The molecule has 12 nitrogen and oxygen atoms in total. The van der Waals surface area contributed by atoms with Crippen LogP contribution in [0.15, 0.2) is 75.7 Å². The third-order valence-corrected chi connectivity index (χ3v) is 6.74. The fourth-order valence-electron chi connectivity index (χ4n) is 4.82. The van der Waals surface area contributed by atoms with Crippen LogP contribution in [0.2, 0.25) is 0 Å². The predicted octanol–water partition coefficient (Wildman–Crippen LogP) is 2.99. The van der Waals surface area contributed by atoms with Crippen LogP contribution in [-0.4, -0.2) is 46.3 Å². The van der Waals surface area contributed by atoms with E-state index < -0.39 is 22.5 Å². The highest BCUT2D eigenvalue weighted by atomic mass is 16.6. The number of non-ortho nitro benzene ring substituents is 1. The molecule has 1 unspecified atom stereocenters. The number of allylic oxidation sites excluding steroid dienone is 1. The van der Waals surface area contributed by atoms with Gasteiger partial charge in [-0.2, -0.15) is 0 Å². The van der Waals surface area contributed by atoms with Crippen molar-refractivity contribution in [3.63, 3.8) is 0 Å². The average molecular weight is 558 g/mol. The number of nitrogens with one attached hydrogen (secondary N) is 2. The van der Waals surface area contributed by atoms with E-state index in [-0.39, 0.29) is 28.8 Å². The first-order valence-corrected chi connectivity index (χ1v) is 12.7. The van der Waals surface area contributed by atoms with Gasteiger partial charge in [-0.05, 0) is 68.0 Å². The topological polar surface area (TPSA) is 154 Å². The van der Waals surface area contributed by atoms with Gasteiger partial charge in [-0.3, -0.25) is 19.5 Å². The lowest BCUT2D eigenvalue weighted by molar-refractivity contribution is -0.384. The van der Waals surface area contributed by atoms with Crippen LogP contribution < -0.4 is 26.0 Å². The number of nitrogens with zero attached hydrogens (tertiary/aromatic N) is 3. The van der Waals surface area contributed by atoms with Crippen LogP contribution in [0.5, 0.6) is 11.5 Å². The Balaban J connectivity index is 1.64. The first-order chi connectivity index (χ1) is 19.7. The second-order valence-corrected chi connectivity index (χ2v) is 9.15. The van der Waals surface area contributed by atoms with Crippen molar-refractivity contribution in [2.75, 3.05) is 20.8 Å². The quantitative estimate of drug-likeness (QED) is 0.192. The van der Waals surface area contributed by atoms with Crippen LogP contribution in [0.4, 0.5) is 5.69 Å². The van der Waals surface area contributed by atoms with Crippen molar-refractivity contribution in [2.45, 2.75) is 19.9 Å². The number of nitro groups is 1. The number of benzene rings is 2. The summed E-state index contributed by atoms with van der Waals surface area (Å²) in [6.07, 6.45) is 1.64. The van der Waals surface area contributed by atoms with Gasteiger partial charge in [0.2, 0.25) is 5.62 Å². The molecule has 41 heavy (non-hydrogen) atoms. The number of carbonyl (C=O) groups is 1. The number of esters is 1. The molecule has 4 aromatic rings. The van der Waals surface area contributed by atoms with Gasteiger partial charge >= 0.3 is 5.97 Å². The number of aromatic amines is 2. The van der Waals surface area contributed by atoms with Crippen molar-refractivity contribution < 1.29 is 23.9 Å². The predicted molar refractivity (Wildman–Crippen MR) is 149 cm³/mol. The van der Waals surface area contributed by atoms with Gasteiger partial charge in [0.1, 0.15) is 22.9 Å². The van der Waals surface area contributed by atoms with Crippen molar-refractivity contribution in [3.05, 3.63) is 109 Å². The standard InChI is InChI=1S/C29H27N5O7/c1-5-41-28(36)25-16(2)30-29-32-23(14-18-8-12-22(31-18)17-6-9-19(10-7-17)34(37)38)27(35)33(29)26(25)21-15-20(39-3)11-13-24(21)40-4/h6-15,26,31H,5H2,1-4H3,(H,30,32). The zero-order chi connectivity index (χ0) is 29.3. The zero-order valence-corrected chi connectivity index (χ0v) is 22.8. The Morgan fingerprint density at radius 3 is 2.51 bits per heavy atom. The molecule has 210 valence electrons. The molecule has 0 amide bonds. The lowest BCUT2D eigenvalue weighted by Crippen LogP contribution is -2.40. The van der Waals surface area contributed by atoms with Gasteiger partial charge in [0.25, 0.3) is 11.2 Å². The Labute approximate surface area is 233 Å². The monoisotopic (exact) mass is 557 g/mol. The molecule has 0 saturated carbocycles. The third-order valence-electron chi connectivity index (χ3n) is 6.74. The van der Waals surface area contributed by atoms with E-state index in [1.807, 2.05) is 6.07 Å². The van der Waals surface area contributed by atoms with E-state index in [2.05, 4.69) is 15.0 Å². The molecule has 2 N–H and O–H groups in total. The minimum atomic E-state index is -0.906. The summed E-state index contributed by atoms with van der Waals surface area (Å²) in [7, 11) is 3.03. The maximum absolute atomic E-state index is 13.9. The molecule has 0 radical (unpaired) electrons. The summed E-state index contributed by atoms with van der Waals surface area (Å²) in [4.78, 5) is 48.4. The minimum Gasteiger partial charge on any atom is -0.497 e. The molecule has 1 atom stereocenters. The van der Waals surface area contributed by atoms with Crippen molar-refractivity contribution in [1.82, 2.24) is 14.5 Å². The molecular formula is C29H27N5O7. The number of imidazole rings is 1. The number of H-pyrrole nitrogens is 2. The van der Waals surface area contributed by atoms with E-state index >= 15 is 0 Å². The van der Waals surface area contributed by atoms with Gasteiger partial charge in [0.15, 0.2) is 0 Å².